The Labute approximate surface area is 344 Å². The van der Waals surface area contributed by atoms with Crippen LogP contribution in [-0.4, -0.2) is 98.8 Å². The van der Waals surface area contributed by atoms with Crippen LogP contribution in [0.4, 0.5) is 13.6 Å². The van der Waals surface area contributed by atoms with E-state index in [1.807, 2.05) is 19.9 Å². The zero-order chi connectivity index (χ0) is 43.3. The van der Waals surface area contributed by atoms with Crippen molar-refractivity contribution in [3.8, 4) is 11.6 Å². The molecule has 2 aliphatic carbocycles. The molecule has 14 nitrogen and oxygen atoms in total. The van der Waals surface area contributed by atoms with E-state index in [-0.39, 0.29) is 36.0 Å². The fraction of sp³-hybridized carbons (Fsp3) is 0.643. The van der Waals surface area contributed by atoms with Gasteiger partial charge in [-0.15, -0.1) is 0 Å². The van der Waals surface area contributed by atoms with Crippen LogP contribution < -0.4 is 19.5 Å². The van der Waals surface area contributed by atoms with E-state index in [1.54, 1.807) is 51.1 Å². The van der Waals surface area contributed by atoms with Gasteiger partial charge < -0.3 is 19.9 Å². The van der Waals surface area contributed by atoms with Gasteiger partial charge in [0.25, 0.3) is 11.8 Å². The van der Waals surface area contributed by atoms with Crippen LogP contribution in [0, 0.1) is 17.8 Å². The Morgan fingerprint density at radius 2 is 1.85 bits per heavy atom. The molecule has 6 rings (SSSR count). The molecule has 4 amide bonds. The minimum Gasteiger partial charge on any atom is -0.494 e. The molecule has 2 saturated carbocycles. The summed E-state index contributed by atoms with van der Waals surface area (Å²) in [6.45, 7) is 11.8. The fourth-order valence-electron chi connectivity index (χ4n) is 8.65. The van der Waals surface area contributed by atoms with Crippen molar-refractivity contribution in [1.82, 2.24) is 24.8 Å². The molecule has 59 heavy (non-hydrogen) atoms. The first-order valence-corrected chi connectivity index (χ1v) is 22.2. The number of rotatable bonds is 11. The normalized spacial score (nSPS) is 31.3. The Bertz CT molecular complexity index is 2120. The van der Waals surface area contributed by atoms with Gasteiger partial charge >= 0.3 is 12.1 Å². The maximum absolute atomic E-state index is 17.7. The highest BCUT2D eigenvalue weighted by molar-refractivity contribution is 7.91. The highest BCUT2D eigenvalue weighted by Gasteiger charge is 2.71. The van der Waals surface area contributed by atoms with Gasteiger partial charge in [0, 0.05) is 30.0 Å². The average Bonchev–Trinajstić information content (AvgIpc) is 4.08. The summed E-state index contributed by atoms with van der Waals surface area (Å²) in [7, 11) is -4.16. The Kier molecular flexibility index (Phi) is 12.0. The minimum atomic E-state index is -4.26. The van der Waals surface area contributed by atoms with Gasteiger partial charge in [-0.05, 0) is 114 Å². The van der Waals surface area contributed by atoms with E-state index in [4.69, 9.17) is 9.47 Å². The molecule has 1 unspecified atom stereocenters. The summed E-state index contributed by atoms with van der Waals surface area (Å²) in [6, 6.07) is -2.05. The molecule has 0 radical (unpaired) electrons. The van der Waals surface area contributed by atoms with Crippen molar-refractivity contribution in [3.63, 3.8) is 0 Å². The molecule has 17 heteroatoms. The monoisotopic (exact) mass is 845 g/mol. The molecule has 1 saturated heterocycles. The number of benzene rings is 1. The van der Waals surface area contributed by atoms with Crippen molar-refractivity contribution < 1.29 is 51.0 Å². The van der Waals surface area contributed by atoms with Gasteiger partial charge in [0.05, 0.1) is 11.4 Å². The second-order valence-electron chi connectivity index (χ2n) is 17.3. The number of sulfonamides is 1. The van der Waals surface area contributed by atoms with E-state index in [0.29, 0.717) is 55.2 Å². The zero-order valence-electron chi connectivity index (χ0n) is 34.8. The number of carboxylic acid groups (broad SMARTS) is 1. The SMILES string of the molecule is CCOc1ccc2c(O[C@]3(C)C[C@H]4C(=O)N[C@]5(C(=O)NS(=O)(=O)C6(C)CC6)C[C@H]5/C=C\CC[C@@H](C)C[C@@H](CC)[C@H](N(C(=O)O)C(C)CC)C(=O)N4C3(F)F)nccc2c1. The third kappa shape index (κ3) is 8.07. The number of amides is 4. The molecule has 2 aliphatic heterocycles. The van der Waals surface area contributed by atoms with Crippen LogP contribution in [0.2, 0.25) is 0 Å². The van der Waals surface area contributed by atoms with Gasteiger partial charge in [0.15, 0.2) is 5.60 Å². The summed E-state index contributed by atoms with van der Waals surface area (Å²) in [4.78, 5) is 62.4. The van der Waals surface area contributed by atoms with Gasteiger partial charge in [0.2, 0.25) is 21.8 Å². The molecule has 1 aromatic carbocycles. The minimum absolute atomic E-state index is 0.0152. The standard InChI is InChI=1S/C42H57F2N5O9S/c1-8-26(5)48(38(53)54)33-27(9-2)21-25(4)13-11-12-14-29-23-41(29,37(52)47-59(55,56)39(6)18-19-39)46-34(50)32-24-40(7,42(43,44)49(32)36(33)51)58-35-31-16-15-30(57-10-3)22-28(31)17-20-45-35/h12,14-17,20,22,25-27,29,32-33H,8-11,13,18-19,21,23-24H2,1-7H3,(H,46,50)(H,47,52)(H,53,54)/b14-12-/t25-,26?,27-,29-,32+,33+,40-,41-/m1/s1. The number of halogens is 2. The molecule has 3 fully saturated rings. The van der Waals surface area contributed by atoms with Crippen LogP contribution in [0.1, 0.15) is 106 Å². The van der Waals surface area contributed by atoms with Crippen molar-refractivity contribution in [2.24, 2.45) is 17.8 Å². The Balaban J connectivity index is 1.48. The van der Waals surface area contributed by atoms with Crippen LogP contribution in [-0.2, 0) is 24.4 Å². The van der Waals surface area contributed by atoms with Gasteiger partial charge in [-0.25, -0.2) is 18.2 Å². The summed E-state index contributed by atoms with van der Waals surface area (Å²) in [6.07, 6.45) is 5.33. The first-order chi connectivity index (χ1) is 27.7. The number of nitrogens with one attached hydrogen (secondary N) is 2. The molecule has 3 N–H and O–H groups in total. The van der Waals surface area contributed by atoms with Crippen molar-refractivity contribution in [2.75, 3.05) is 6.61 Å². The van der Waals surface area contributed by atoms with Crippen LogP contribution >= 0.6 is 0 Å². The van der Waals surface area contributed by atoms with E-state index in [1.165, 1.54) is 13.1 Å². The van der Waals surface area contributed by atoms with Crippen LogP contribution in [0.15, 0.2) is 42.6 Å². The maximum atomic E-state index is 17.7. The molecular weight excluding hydrogens is 789 g/mol. The van der Waals surface area contributed by atoms with E-state index in [9.17, 15) is 27.9 Å². The number of aromatic nitrogens is 1. The van der Waals surface area contributed by atoms with Crippen molar-refractivity contribution in [2.45, 2.75) is 146 Å². The van der Waals surface area contributed by atoms with Crippen LogP contribution in [0.3, 0.4) is 0 Å². The zero-order valence-corrected chi connectivity index (χ0v) is 35.6. The topological polar surface area (TPSA) is 185 Å². The lowest BCUT2D eigenvalue weighted by molar-refractivity contribution is -0.219. The molecule has 1 aromatic heterocycles. The first-order valence-electron chi connectivity index (χ1n) is 20.7. The number of ether oxygens (including phenoxy) is 2. The highest BCUT2D eigenvalue weighted by Crippen LogP contribution is 2.51. The van der Waals surface area contributed by atoms with E-state index >= 15 is 13.6 Å². The van der Waals surface area contributed by atoms with Crippen molar-refractivity contribution >= 4 is 44.6 Å². The van der Waals surface area contributed by atoms with Crippen molar-refractivity contribution in [1.29, 1.82) is 0 Å². The third-order valence-corrected chi connectivity index (χ3v) is 15.2. The lowest BCUT2D eigenvalue weighted by Crippen LogP contribution is -2.65. The Morgan fingerprint density at radius 3 is 2.47 bits per heavy atom. The molecule has 4 aliphatic rings. The highest BCUT2D eigenvalue weighted by atomic mass is 32.2. The Morgan fingerprint density at radius 1 is 1.14 bits per heavy atom. The smallest absolute Gasteiger partial charge is 0.408 e. The number of alkyl halides is 2. The number of fused-ring (bicyclic) bond motifs is 3. The molecule has 2 aromatic rings. The van der Waals surface area contributed by atoms with Crippen molar-refractivity contribution in [3.05, 3.63) is 42.6 Å². The molecule has 0 spiro atoms. The quantitative estimate of drug-likeness (QED) is 0.169. The van der Waals surface area contributed by atoms with Gasteiger partial charge in [-0.2, -0.15) is 8.78 Å². The molecule has 0 bridgehead atoms. The number of carbonyl (C=O) groups is 4. The second kappa shape index (κ2) is 16.1. The summed E-state index contributed by atoms with van der Waals surface area (Å²) in [5, 5.41) is 14.2. The van der Waals surface area contributed by atoms with Gasteiger partial charge in [-0.3, -0.25) is 28.9 Å². The van der Waals surface area contributed by atoms with E-state index in [2.05, 4.69) is 15.0 Å². The van der Waals surface area contributed by atoms with Crippen LogP contribution in [0.5, 0.6) is 11.6 Å². The molecule has 8 atom stereocenters. The Hall–Kier alpha value is -4.54. The number of hydrogen-bond donors (Lipinski definition) is 3. The molecule has 324 valence electrons. The number of nitrogens with zero attached hydrogens (tertiary/aromatic N) is 3. The first kappa shape index (κ1) is 44.0. The van der Waals surface area contributed by atoms with E-state index < -0.39 is 92.2 Å². The molecule has 3 heterocycles. The second-order valence-corrected chi connectivity index (χ2v) is 19.5. The summed E-state index contributed by atoms with van der Waals surface area (Å²) < 4.78 is 74.7. The van der Waals surface area contributed by atoms with Crippen LogP contribution in [0.25, 0.3) is 10.8 Å². The lowest BCUT2D eigenvalue weighted by Gasteiger charge is -2.43. The number of pyridine rings is 1. The van der Waals surface area contributed by atoms with E-state index in [0.717, 1.165) is 11.8 Å². The fourth-order valence-corrected chi connectivity index (χ4v) is 9.96. The largest absolute Gasteiger partial charge is 0.494 e. The average molecular weight is 846 g/mol. The summed E-state index contributed by atoms with van der Waals surface area (Å²) in [5.41, 5.74) is -4.45. The van der Waals surface area contributed by atoms with Gasteiger partial charge in [0.1, 0.15) is 23.4 Å². The maximum Gasteiger partial charge on any atom is 0.408 e. The summed E-state index contributed by atoms with van der Waals surface area (Å²) >= 11 is 0. The predicted molar refractivity (Wildman–Crippen MR) is 215 cm³/mol. The lowest BCUT2D eigenvalue weighted by atomic mass is 9.83. The van der Waals surface area contributed by atoms with Gasteiger partial charge in [-0.1, -0.05) is 39.3 Å². The number of hydrogen-bond acceptors (Lipinski definition) is 9. The third-order valence-electron chi connectivity index (χ3n) is 13.0. The molecular formula is C42H57F2N5O9S. The predicted octanol–water partition coefficient (Wildman–Crippen LogP) is 6.39. The number of allylic oxidation sites excluding steroid dienone is 1. The number of carbonyl (C=O) groups excluding carboxylic acids is 3. The summed E-state index contributed by atoms with van der Waals surface area (Å²) in [5.74, 6) is -4.57.